The lowest BCUT2D eigenvalue weighted by Crippen LogP contribution is -2.50. The van der Waals surface area contributed by atoms with Gasteiger partial charge in [-0.15, -0.1) is 0 Å². The molecule has 2 rings (SSSR count). The highest BCUT2D eigenvalue weighted by Crippen LogP contribution is 2.14. The van der Waals surface area contributed by atoms with Crippen LogP contribution in [0.15, 0.2) is 35.3 Å². The molecule has 0 aromatic heterocycles. The normalized spacial score (nSPS) is 18.0. The number of sulfonamides is 1. The molecule has 1 atom stereocenters. The van der Waals surface area contributed by atoms with Crippen LogP contribution in [0.25, 0.3) is 0 Å². The minimum atomic E-state index is -3.11. The van der Waals surface area contributed by atoms with Gasteiger partial charge in [0.15, 0.2) is 5.96 Å². The number of benzene rings is 1. The van der Waals surface area contributed by atoms with Crippen molar-refractivity contribution in [3.8, 4) is 0 Å². The molecule has 1 aromatic rings. The van der Waals surface area contributed by atoms with Crippen LogP contribution in [0.5, 0.6) is 0 Å². The Labute approximate surface area is 171 Å². The van der Waals surface area contributed by atoms with Gasteiger partial charge < -0.3 is 10.6 Å². The zero-order valence-corrected chi connectivity index (χ0v) is 18.4. The third kappa shape index (κ3) is 7.52. The number of hydrogen-bond donors (Lipinski definition) is 2. The maximum Gasteiger partial charge on any atom is 0.213 e. The molecule has 158 valence electrons. The molecule has 0 bridgehead atoms. The van der Waals surface area contributed by atoms with Gasteiger partial charge >= 0.3 is 0 Å². The van der Waals surface area contributed by atoms with E-state index in [4.69, 9.17) is 0 Å². The summed E-state index contributed by atoms with van der Waals surface area (Å²) in [6, 6.07) is 10.0. The van der Waals surface area contributed by atoms with Crippen molar-refractivity contribution in [1.82, 2.24) is 14.9 Å². The van der Waals surface area contributed by atoms with E-state index in [0.717, 1.165) is 24.9 Å². The number of aliphatic imine (C=N–C) groups is 1. The van der Waals surface area contributed by atoms with Gasteiger partial charge in [0.1, 0.15) is 0 Å². The van der Waals surface area contributed by atoms with E-state index in [1.165, 1.54) is 0 Å². The topological polar surface area (TPSA) is 90.9 Å². The quantitative estimate of drug-likeness (QED) is 0.457. The molecule has 7 nitrogen and oxygen atoms in total. The standard InChI is InChI=1S/C19H32N4O3S2/c1-3-20-19(21-12-15-27(24)16-17-8-6-5-7-9-17)22-18-10-13-23(14-11-18)28(25,26)4-2/h5-9,18H,3-4,10-16H2,1-2H3,(H2,20,21,22). The van der Waals surface area contributed by atoms with Gasteiger partial charge in [-0.25, -0.2) is 12.7 Å². The predicted molar refractivity (Wildman–Crippen MR) is 116 cm³/mol. The van der Waals surface area contributed by atoms with Crippen molar-refractivity contribution in [2.75, 3.05) is 37.7 Å². The van der Waals surface area contributed by atoms with Crippen LogP contribution in [-0.4, -0.2) is 66.6 Å². The maximum atomic E-state index is 12.2. The second-order valence-electron chi connectivity index (χ2n) is 6.75. The first-order chi connectivity index (χ1) is 13.4. The predicted octanol–water partition coefficient (Wildman–Crippen LogP) is 1.30. The third-order valence-corrected chi connectivity index (χ3v) is 7.83. The Bertz CT molecular complexity index is 746. The summed E-state index contributed by atoms with van der Waals surface area (Å²) in [6.07, 6.45) is 1.51. The highest BCUT2D eigenvalue weighted by Gasteiger charge is 2.26. The van der Waals surface area contributed by atoms with E-state index in [9.17, 15) is 12.6 Å². The smallest absolute Gasteiger partial charge is 0.213 e. The van der Waals surface area contributed by atoms with E-state index in [1.54, 1.807) is 11.2 Å². The fourth-order valence-corrected chi connectivity index (χ4v) is 5.20. The summed E-state index contributed by atoms with van der Waals surface area (Å²) in [7, 11) is -4.06. The Balaban J connectivity index is 1.80. The molecule has 0 amide bonds. The molecule has 1 aromatic carbocycles. The Morgan fingerprint density at radius 2 is 1.89 bits per heavy atom. The first-order valence-electron chi connectivity index (χ1n) is 9.86. The molecule has 9 heteroatoms. The molecule has 28 heavy (non-hydrogen) atoms. The van der Waals surface area contributed by atoms with Crippen molar-refractivity contribution in [2.45, 2.75) is 38.5 Å². The summed E-state index contributed by atoms with van der Waals surface area (Å²) in [5, 5.41) is 6.60. The fraction of sp³-hybridized carbons (Fsp3) is 0.632. The summed E-state index contributed by atoms with van der Waals surface area (Å²) in [4.78, 5) is 4.54. The zero-order chi connectivity index (χ0) is 20.4. The van der Waals surface area contributed by atoms with Crippen LogP contribution in [0.3, 0.4) is 0 Å². The van der Waals surface area contributed by atoms with Crippen molar-refractivity contribution in [1.29, 1.82) is 0 Å². The molecule has 1 saturated heterocycles. The molecule has 0 radical (unpaired) electrons. The molecular formula is C19H32N4O3S2. The molecule has 1 heterocycles. The van der Waals surface area contributed by atoms with Crippen LogP contribution in [-0.2, 0) is 26.6 Å². The number of guanidine groups is 1. The van der Waals surface area contributed by atoms with Gasteiger partial charge in [-0.2, -0.15) is 0 Å². The second-order valence-corrected chi connectivity index (χ2v) is 10.6. The summed E-state index contributed by atoms with van der Waals surface area (Å²) in [6.45, 7) is 5.97. The Kier molecular flexibility index (Phi) is 9.40. The molecule has 2 N–H and O–H groups in total. The third-order valence-electron chi connectivity index (χ3n) is 4.66. The van der Waals surface area contributed by atoms with Crippen molar-refractivity contribution in [3.63, 3.8) is 0 Å². The van der Waals surface area contributed by atoms with Crippen LogP contribution in [0.1, 0.15) is 32.3 Å². The van der Waals surface area contributed by atoms with Crippen LogP contribution in [0, 0.1) is 0 Å². The molecule has 1 fully saturated rings. The van der Waals surface area contributed by atoms with Crippen molar-refractivity contribution in [3.05, 3.63) is 35.9 Å². The summed E-state index contributed by atoms with van der Waals surface area (Å²) in [5.74, 6) is 1.91. The van der Waals surface area contributed by atoms with Crippen molar-refractivity contribution < 1.29 is 12.6 Å². The Morgan fingerprint density at radius 3 is 2.50 bits per heavy atom. The molecule has 0 aliphatic carbocycles. The van der Waals surface area contributed by atoms with Crippen LogP contribution < -0.4 is 10.6 Å². The Hall–Kier alpha value is -1.45. The largest absolute Gasteiger partial charge is 0.357 e. The lowest BCUT2D eigenvalue weighted by molar-refractivity contribution is 0.306. The molecule has 1 aliphatic rings. The monoisotopic (exact) mass is 428 g/mol. The van der Waals surface area contributed by atoms with Gasteiger partial charge in [0.25, 0.3) is 0 Å². The van der Waals surface area contributed by atoms with E-state index in [2.05, 4.69) is 15.6 Å². The zero-order valence-electron chi connectivity index (χ0n) is 16.8. The fourth-order valence-electron chi connectivity index (χ4n) is 3.07. The second kappa shape index (κ2) is 11.5. The summed E-state index contributed by atoms with van der Waals surface area (Å²) < 4.78 is 37.7. The van der Waals surface area contributed by atoms with Gasteiger partial charge in [-0.1, -0.05) is 30.3 Å². The summed E-state index contributed by atoms with van der Waals surface area (Å²) >= 11 is 0. The van der Waals surface area contributed by atoms with Gasteiger partial charge in [-0.3, -0.25) is 9.20 Å². The number of rotatable bonds is 9. The van der Waals surface area contributed by atoms with Gasteiger partial charge in [0.05, 0.1) is 12.3 Å². The minimum Gasteiger partial charge on any atom is -0.357 e. The average Bonchev–Trinajstić information content (AvgIpc) is 2.69. The van der Waals surface area contributed by atoms with Gasteiger partial charge in [0.2, 0.25) is 10.0 Å². The molecule has 0 spiro atoms. The molecule has 0 saturated carbocycles. The minimum absolute atomic E-state index is 0.148. The maximum absolute atomic E-state index is 12.2. The highest BCUT2D eigenvalue weighted by atomic mass is 32.2. The Morgan fingerprint density at radius 1 is 1.21 bits per heavy atom. The van der Waals surface area contributed by atoms with E-state index in [1.807, 2.05) is 37.3 Å². The van der Waals surface area contributed by atoms with E-state index in [0.29, 0.717) is 37.1 Å². The first kappa shape index (κ1) is 22.8. The number of hydrogen-bond acceptors (Lipinski definition) is 4. The average molecular weight is 429 g/mol. The number of piperidine rings is 1. The highest BCUT2D eigenvalue weighted by molar-refractivity contribution is 7.89. The van der Waals surface area contributed by atoms with Crippen LogP contribution in [0.2, 0.25) is 0 Å². The van der Waals surface area contributed by atoms with Crippen LogP contribution >= 0.6 is 0 Å². The first-order valence-corrected chi connectivity index (χ1v) is 13.0. The van der Waals surface area contributed by atoms with E-state index in [-0.39, 0.29) is 11.8 Å². The molecule has 1 unspecified atom stereocenters. The van der Waals surface area contributed by atoms with Crippen molar-refractivity contribution >= 4 is 26.8 Å². The SMILES string of the molecule is CCNC(=NCCS(=O)Cc1ccccc1)NC1CCN(S(=O)(=O)CC)CC1. The van der Waals surface area contributed by atoms with Gasteiger partial charge in [0, 0.05) is 48.0 Å². The van der Waals surface area contributed by atoms with E-state index >= 15 is 0 Å². The van der Waals surface area contributed by atoms with Crippen LogP contribution in [0.4, 0.5) is 0 Å². The van der Waals surface area contributed by atoms with Gasteiger partial charge in [-0.05, 0) is 32.3 Å². The summed E-state index contributed by atoms with van der Waals surface area (Å²) in [5.41, 5.74) is 1.07. The lowest BCUT2D eigenvalue weighted by Gasteiger charge is -2.32. The van der Waals surface area contributed by atoms with Crippen molar-refractivity contribution in [2.24, 2.45) is 4.99 Å². The molecule has 1 aliphatic heterocycles. The van der Waals surface area contributed by atoms with E-state index < -0.39 is 20.8 Å². The number of nitrogens with zero attached hydrogens (tertiary/aromatic N) is 2. The number of nitrogens with one attached hydrogen (secondary N) is 2. The lowest BCUT2D eigenvalue weighted by atomic mass is 10.1. The molecular weight excluding hydrogens is 396 g/mol.